The van der Waals surface area contributed by atoms with Gasteiger partial charge in [0.25, 0.3) is 0 Å². The van der Waals surface area contributed by atoms with Gasteiger partial charge >= 0.3 is 5.97 Å². The quantitative estimate of drug-likeness (QED) is 0.588. The number of benzene rings is 1. The van der Waals surface area contributed by atoms with Gasteiger partial charge in [0.1, 0.15) is 11.6 Å². The molecule has 5 heteroatoms. The first-order valence-corrected chi connectivity index (χ1v) is 6.83. The molecule has 0 amide bonds. The zero-order valence-corrected chi connectivity index (χ0v) is 12.2. The maximum absolute atomic E-state index is 13.4. The third kappa shape index (κ3) is 6.52. The molecule has 0 aromatic heterocycles. The highest BCUT2D eigenvalue weighted by molar-refractivity contribution is 5.71. The Balaban J connectivity index is 2.54. The molecule has 1 aromatic rings. The summed E-state index contributed by atoms with van der Waals surface area (Å²) < 4.78 is 23.6. The molecule has 0 spiro atoms. The molecule has 112 valence electrons. The Morgan fingerprint density at radius 1 is 1.35 bits per heavy atom. The molecule has 0 radical (unpaired) electrons. The van der Waals surface area contributed by atoms with E-state index in [0.29, 0.717) is 12.3 Å². The number of esters is 1. The Labute approximate surface area is 119 Å². The predicted octanol–water partition coefficient (Wildman–Crippen LogP) is 2.66. The second-order valence-corrected chi connectivity index (χ2v) is 4.80. The van der Waals surface area contributed by atoms with Crippen LogP contribution in [0.4, 0.5) is 4.39 Å². The van der Waals surface area contributed by atoms with Crippen molar-refractivity contribution in [3.8, 4) is 5.75 Å². The average Bonchev–Trinajstić information content (AvgIpc) is 2.35. The van der Waals surface area contributed by atoms with Gasteiger partial charge < -0.3 is 14.8 Å². The number of hydrogen-bond donors (Lipinski definition) is 1. The molecule has 0 heterocycles. The normalized spacial score (nSPS) is 10.7. The van der Waals surface area contributed by atoms with Crippen LogP contribution in [-0.4, -0.2) is 25.2 Å². The fourth-order valence-electron chi connectivity index (χ4n) is 1.65. The van der Waals surface area contributed by atoms with Crippen molar-refractivity contribution in [3.63, 3.8) is 0 Å². The van der Waals surface area contributed by atoms with Gasteiger partial charge in [-0.05, 0) is 44.5 Å². The van der Waals surface area contributed by atoms with Gasteiger partial charge in [-0.2, -0.15) is 0 Å². The highest BCUT2D eigenvalue weighted by atomic mass is 19.1. The standard InChI is InChI=1S/C15H22FNO3/c1-4-5-17-9-12-6-13(16)8-14(7-12)19-10-15(18)20-11(2)3/h6-8,11,17H,4-5,9-10H2,1-3H3. The maximum atomic E-state index is 13.4. The SMILES string of the molecule is CCCNCc1cc(F)cc(OCC(=O)OC(C)C)c1. The summed E-state index contributed by atoms with van der Waals surface area (Å²) in [7, 11) is 0. The van der Waals surface area contributed by atoms with Crippen LogP contribution >= 0.6 is 0 Å². The van der Waals surface area contributed by atoms with Crippen LogP contribution in [0.2, 0.25) is 0 Å². The summed E-state index contributed by atoms with van der Waals surface area (Å²) in [5, 5.41) is 3.18. The minimum Gasteiger partial charge on any atom is -0.482 e. The minimum absolute atomic E-state index is 0.188. The van der Waals surface area contributed by atoms with E-state index in [1.807, 2.05) is 0 Å². The summed E-state index contributed by atoms with van der Waals surface area (Å²) in [4.78, 5) is 11.4. The van der Waals surface area contributed by atoms with E-state index >= 15 is 0 Å². The molecule has 1 rings (SSSR count). The zero-order valence-electron chi connectivity index (χ0n) is 12.2. The Kier molecular flexibility index (Phi) is 7.01. The first-order valence-electron chi connectivity index (χ1n) is 6.83. The van der Waals surface area contributed by atoms with Gasteiger partial charge in [0.05, 0.1) is 6.10 Å². The fraction of sp³-hybridized carbons (Fsp3) is 0.533. The summed E-state index contributed by atoms with van der Waals surface area (Å²) >= 11 is 0. The lowest BCUT2D eigenvalue weighted by molar-refractivity contribution is -0.149. The Hall–Kier alpha value is -1.62. The van der Waals surface area contributed by atoms with E-state index in [1.165, 1.54) is 12.1 Å². The van der Waals surface area contributed by atoms with Crippen molar-refractivity contribution >= 4 is 5.97 Å². The summed E-state index contributed by atoms with van der Waals surface area (Å²) in [6.45, 7) is 6.80. The van der Waals surface area contributed by atoms with Crippen LogP contribution in [0.3, 0.4) is 0 Å². The van der Waals surface area contributed by atoms with E-state index in [0.717, 1.165) is 18.5 Å². The van der Waals surface area contributed by atoms with Gasteiger partial charge in [0.15, 0.2) is 6.61 Å². The average molecular weight is 283 g/mol. The van der Waals surface area contributed by atoms with Crippen molar-refractivity contribution in [1.82, 2.24) is 5.32 Å². The van der Waals surface area contributed by atoms with E-state index in [9.17, 15) is 9.18 Å². The molecule has 0 aliphatic heterocycles. The number of halogens is 1. The summed E-state index contributed by atoms with van der Waals surface area (Å²) in [5.41, 5.74) is 0.783. The molecule has 4 nitrogen and oxygen atoms in total. The first-order chi connectivity index (χ1) is 9.51. The van der Waals surface area contributed by atoms with Gasteiger partial charge in [0.2, 0.25) is 0 Å². The van der Waals surface area contributed by atoms with Gasteiger partial charge in [0, 0.05) is 12.6 Å². The van der Waals surface area contributed by atoms with Crippen LogP contribution in [0.15, 0.2) is 18.2 Å². The van der Waals surface area contributed by atoms with E-state index in [-0.39, 0.29) is 18.5 Å². The van der Waals surface area contributed by atoms with Crippen LogP contribution < -0.4 is 10.1 Å². The van der Waals surface area contributed by atoms with E-state index in [1.54, 1.807) is 19.9 Å². The number of rotatable bonds is 8. The molecule has 0 unspecified atom stereocenters. The third-order valence-corrected chi connectivity index (χ3v) is 2.41. The molecule has 0 fully saturated rings. The summed E-state index contributed by atoms with van der Waals surface area (Å²) in [6, 6.07) is 4.42. The van der Waals surface area contributed by atoms with Crippen LogP contribution in [0.1, 0.15) is 32.8 Å². The Morgan fingerprint density at radius 2 is 2.10 bits per heavy atom. The lowest BCUT2D eigenvalue weighted by Gasteiger charge is -2.11. The van der Waals surface area contributed by atoms with Crippen molar-refractivity contribution in [3.05, 3.63) is 29.6 Å². The molecule has 1 N–H and O–H groups in total. The number of carbonyl (C=O) groups is 1. The van der Waals surface area contributed by atoms with Gasteiger partial charge in [-0.25, -0.2) is 9.18 Å². The number of carbonyl (C=O) groups excluding carboxylic acids is 1. The van der Waals surface area contributed by atoms with Crippen LogP contribution in [0, 0.1) is 5.82 Å². The topological polar surface area (TPSA) is 47.6 Å². The maximum Gasteiger partial charge on any atom is 0.344 e. The molecule has 0 aliphatic carbocycles. The van der Waals surface area contributed by atoms with Crippen molar-refractivity contribution < 1.29 is 18.7 Å². The van der Waals surface area contributed by atoms with Crippen LogP contribution in [0.5, 0.6) is 5.75 Å². The summed E-state index contributed by atoms with van der Waals surface area (Å²) in [6.07, 6.45) is 0.826. The number of ether oxygens (including phenoxy) is 2. The largest absolute Gasteiger partial charge is 0.482 e. The fourth-order valence-corrected chi connectivity index (χ4v) is 1.65. The Bertz CT molecular complexity index is 435. The third-order valence-electron chi connectivity index (χ3n) is 2.41. The minimum atomic E-state index is -0.463. The Morgan fingerprint density at radius 3 is 2.75 bits per heavy atom. The lowest BCUT2D eigenvalue weighted by atomic mass is 10.2. The molecule has 0 aliphatic rings. The number of hydrogen-bond acceptors (Lipinski definition) is 4. The van der Waals surface area contributed by atoms with E-state index in [2.05, 4.69) is 12.2 Å². The zero-order chi connectivity index (χ0) is 15.0. The molecular formula is C15H22FNO3. The van der Waals surface area contributed by atoms with Crippen LogP contribution in [-0.2, 0) is 16.1 Å². The second-order valence-electron chi connectivity index (χ2n) is 4.80. The lowest BCUT2D eigenvalue weighted by Crippen LogP contribution is -2.19. The highest BCUT2D eigenvalue weighted by Crippen LogP contribution is 2.16. The molecule has 0 saturated carbocycles. The smallest absolute Gasteiger partial charge is 0.344 e. The first kappa shape index (κ1) is 16.4. The van der Waals surface area contributed by atoms with Crippen molar-refractivity contribution in [2.75, 3.05) is 13.2 Å². The van der Waals surface area contributed by atoms with E-state index in [4.69, 9.17) is 9.47 Å². The molecular weight excluding hydrogens is 261 g/mol. The molecule has 20 heavy (non-hydrogen) atoms. The van der Waals surface area contributed by atoms with Crippen molar-refractivity contribution in [2.45, 2.75) is 39.8 Å². The van der Waals surface area contributed by atoms with E-state index < -0.39 is 5.97 Å². The molecule has 1 aromatic carbocycles. The van der Waals surface area contributed by atoms with Gasteiger partial charge in [-0.1, -0.05) is 6.92 Å². The van der Waals surface area contributed by atoms with Gasteiger partial charge in [-0.3, -0.25) is 0 Å². The monoisotopic (exact) mass is 283 g/mol. The second kappa shape index (κ2) is 8.53. The van der Waals surface area contributed by atoms with Crippen molar-refractivity contribution in [1.29, 1.82) is 0 Å². The molecule has 0 bridgehead atoms. The summed E-state index contributed by atoms with van der Waals surface area (Å²) in [5.74, 6) is -0.512. The number of nitrogens with one attached hydrogen (secondary N) is 1. The predicted molar refractivity (Wildman–Crippen MR) is 75.1 cm³/mol. The van der Waals surface area contributed by atoms with Gasteiger partial charge in [-0.15, -0.1) is 0 Å². The highest BCUT2D eigenvalue weighted by Gasteiger charge is 2.08. The molecule has 0 saturated heterocycles. The van der Waals surface area contributed by atoms with Crippen molar-refractivity contribution in [2.24, 2.45) is 0 Å². The van der Waals surface area contributed by atoms with Crippen LogP contribution in [0.25, 0.3) is 0 Å². The molecule has 0 atom stereocenters.